The van der Waals surface area contributed by atoms with Crippen LogP contribution in [-0.2, 0) is 6.54 Å². The molecule has 0 radical (unpaired) electrons. The van der Waals surface area contributed by atoms with Gasteiger partial charge in [-0.2, -0.15) is 5.26 Å². The molecule has 1 N–H and O–H groups in total. The lowest BCUT2D eigenvalue weighted by molar-refractivity contribution is 0.353. The smallest absolute Gasteiger partial charge is 0.0992 e. The Morgan fingerprint density at radius 3 is 2.50 bits per heavy atom. The van der Waals surface area contributed by atoms with Crippen molar-refractivity contribution in [2.75, 3.05) is 0 Å². The lowest BCUT2D eigenvalue weighted by Gasteiger charge is -2.22. The van der Waals surface area contributed by atoms with Gasteiger partial charge < -0.3 is 5.32 Å². The Bertz CT molecular complexity index is 419. The Morgan fingerprint density at radius 2 is 2.00 bits per heavy atom. The Kier molecular flexibility index (Phi) is 6.18. The highest BCUT2D eigenvalue weighted by Crippen LogP contribution is 2.19. The van der Waals surface area contributed by atoms with Crippen LogP contribution in [0.1, 0.15) is 44.7 Å². The molecule has 0 heterocycles. The van der Waals surface area contributed by atoms with E-state index in [0.29, 0.717) is 22.5 Å². The minimum atomic E-state index is 0.478. The van der Waals surface area contributed by atoms with E-state index in [1.165, 1.54) is 12.8 Å². The van der Waals surface area contributed by atoms with Gasteiger partial charge in [-0.25, -0.2) is 0 Å². The van der Waals surface area contributed by atoms with Crippen LogP contribution < -0.4 is 5.32 Å². The number of hydrogen-bond donors (Lipinski definition) is 1. The lowest BCUT2D eigenvalue weighted by Crippen LogP contribution is -2.32. The van der Waals surface area contributed by atoms with Gasteiger partial charge >= 0.3 is 0 Å². The van der Waals surface area contributed by atoms with Gasteiger partial charge in [0.2, 0.25) is 0 Å². The predicted octanol–water partition coefficient (Wildman–Crippen LogP) is 4.13. The summed E-state index contributed by atoms with van der Waals surface area (Å²) in [6.07, 6.45) is 2.37. The fraction of sp³-hybridized carbons (Fsp3) is 0.533. The zero-order chi connectivity index (χ0) is 13.5. The molecule has 0 aliphatic rings. The van der Waals surface area contributed by atoms with E-state index in [2.05, 4.69) is 32.2 Å². The molecule has 1 unspecified atom stereocenters. The van der Waals surface area contributed by atoms with Gasteiger partial charge in [-0.15, -0.1) is 0 Å². The topological polar surface area (TPSA) is 35.8 Å². The van der Waals surface area contributed by atoms with Gasteiger partial charge in [-0.3, -0.25) is 0 Å². The van der Waals surface area contributed by atoms with E-state index >= 15 is 0 Å². The van der Waals surface area contributed by atoms with Crippen LogP contribution in [0.25, 0.3) is 0 Å². The normalized spacial score (nSPS) is 12.4. The number of rotatable bonds is 6. The predicted molar refractivity (Wildman–Crippen MR) is 76.5 cm³/mol. The third kappa shape index (κ3) is 4.01. The summed E-state index contributed by atoms with van der Waals surface area (Å²) in [5, 5.41) is 13.0. The minimum Gasteiger partial charge on any atom is -0.310 e. The number of hydrogen-bond acceptors (Lipinski definition) is 2. The molecule has 1 atom stereocenters. The molecule has 2 nitrogen and oxygen atoms in total. The number of nitrogens with zero attached hydrogens (tertiary/aromatic N) is 1. The van der Waals surface area contributed by atoms with Gasteiger partial charge in [0.05, 0.1) is 11.6 Å². The van der Waals surface area contributed by atoms with Crippen LogP contribution in [-0.4, -0.2) is 6.04 Å². The van der Waals surface area contributed by atoms with E-state index in [1.54, 1.807) is 6.07 Å². The molecule has 1 aromatic carbocycles. The van der Waals surface area contributed by atoms with Gasteiger partial charge in [0.15, 0.2) is 0 Å². The summed E-state index contributed by atoms with van der Waals surface area (Å²) >= 11 is 6.15. The first kappa shape index (κ1) is 15.0. The summed E-state index contributed by atoms with van der Waals surface area (Å²) in [7, 11) is 0. The third-order valence-corrected chi connectivity index (χ3v) is 3.90. The fourth-order valence-electron chi connectivity index (χ4n) is 2.19. The summed E-state index contributed by atoms with van der Waals surface area (Å²) in [6, 6.07) is 8.03. The van der Waals surface area contributed by atoms with Crippen molar-refractivity contribution in [3.8, 4) is 6.07 Å². The van der Waals surface area contributed by atoms with E-state index in [1.807, 2.05) is 12.1 Å². The SMILES string of the molecule is CCC(CC)C(C)NCc1ccc(C#N)cc1Cl. The number of benzene rings is 1. The second-order valence-electron chi connectivity index (χ2n) is 4.66. The van der Waals surface area contributed by atoms with Crippen LogP contribution in [0.15, 0.2) is 18.2 Å². The minimum absolute atomic E-state index is 0.478. The average Bonchev–Trinajstić information content (AvgIpc) is 2.38. The Hall–Kier alpha value is -1.04. The lowest BCUT2D eigenvalue weighted by atomic mass is 9.95. The molecule has 98 valence electrons. The molecule has 0 aliphatic carbocycles. The Morgan fingerprint density at radius 1 is 1.33 bits per heavy atom. The molecule has 0 amide bonds. The molecule has 1 aromatic rings. The van der Waals surface area contributed by atoms with Crippen LogP contribution in [0.5, 0.6) is 0 Å². The molecule has 0 fully saturated rings. The van der Waals surface area contributed by atoms with Crippen LogP contribution in [0.2, 0.25) is 5.02 Å². The Labute approximate surface area is 115 Å². The number of halogens is 1. The first-order valence-corrected chi connectivity index (χ1v) is 6.92. The summed E-state index contributed by atoms with van der Waals surface area (Å²) in [4.78, 5) is 0. The average molecular weight is 265 g/mol. The van der Waals surface area contributed by atoms with E-state index in [9.17, 15) is 0 Å². The maximum atomic E-state index is 8.78. The zero-order valence-electron chi connectivity index (χ0n) is 11.3. The molecule has 1 rings (SSSR count). The van der Waals surface area contributed by atoms with Crippen molar-refractivity contribution in [2.45, 2.75) is 46.2 Å². The number of nitriles is 1. The Balaban J connectivity index is 2.61. The first-order valence-electron chi connectivity index (χ1n) is 6.54. The standard InChI is InChI=1S/C15H21ClN2/c1-4-13(5-2)11(3)18-10-14-7-6-12(9-17)8-15(14)16/h6-8,11,13,18H,4-5,10H2,1-3H3. The molecule has 0 spiro atoms. The van der Waals surface area contributed by atoms with Gasteiger partial charge in [-0.05, 0) is 30.5 Å². The molecule has 0 saturated heterocycles. The maximum absolute atomic E-state index is 8.78. The molecular formula is C15H21ClN2. The second kappa shape index (κ2) is 7.41. The van der Waals surface area contributed by atoms with Crippen molar-refractivity contribution < 1.29 is 0 Å². The van der Waals surface area contributed by atoms with Gasteiger partial charge in [0.25, 0.3) is 0 Å². The monoisotopic (exact) mass is 264 g/mol. The molecule has 0 bridgehead atoms. The van der Waals surface area contributed by atoms with Crippen molar-refractivity contribution >= 4 is 11.6 Å². The maximum Gasteiger partial charge on any atom is 0.0992 e. The fourth-order valence-corrected chi connectivity index (χ4v) is 2.44. The summed E-state index contributed by atoms with van der Waals surface area (Å²) in [5.41, 5.74) is 1.66. The van der Waals surface area contributed by atoms with E-state index in [-0.39, 0.29) is 0 Å². The van der Waals surface area contributed by atoms with Crippen molar-refractivity contribution in [1.29, 1.82) is 5.26 Å². The molecular weight excluding hydrogens is 244 g/mol. The highest BCUT2D eigenvalue weighted by Gasteiger charge is 2.13. The van der Waals surface area contributed by atoms with Gasteiger partial charge in [-0.1, -0.05) is 44.4 Å². The first-order chi connectivity index (χ1) is 8.62. The number of nitrogens with one attached hydrogen (secondary N) is 1. The molecule has 0 aliphatic heterocycles. The van der Waals surface area contributed by atoms with Crippen molar-refractivity contribution in [3.63, 3.8) is 0 Å². The molecule has 3 heteroatoms. The zero-order valence-corrected chi connectivity index (χ0v) is 12.1. The van der Waals surface area contributed by atoms with Crippen LogP contribution in [0, 0.1) is 17.2 Å². The highest BCUT2D eigenvalue weighted by molar-refractivity contribution is 6.31. The van der Waals surface area contributed by atoms with Crippen molar-refractivity contribution in [1.82, 2.24) is 5.32 Å². The third-order valence-electron chi connectivity index (χ3n) is 3.55. The summed E-state index contributed by atoms with van der Waals surface area (Å²) in [6.45, 7) is 7.42. The van der Waals surface area contributed by atoms with Crippen LogP contribution in [0.3, 0.4) is 0 Å². The highest BCUT2D eigenvalue weighted by atomic mass is 35.5. The second-order valence-corrected chi connectivity index (χ2v) is 5.07. The summed E-state index contributed by atoms with van der Waals surface area (Å²) in [5.74, 6) is 0.696. The summed E-state index contributed by atoms with van der Waals surface area (Å²) < 4.78 is 0. The van der Waals surface area contributed by atoms with Crippen LogP contribution in [0.4, 0.5) is 0 Å². The van der Waals surface area contributed by atoms with Crippen LogP contribution >= 0.6 is 11.6 Å². The molecule has 18 heavy (non-hydrogen) atoms. The quantitative estimate of drug-likeness (QED) is 0.839. The van der Waals surface area contributed by atoms with Crippen molar-refractivity contribution in [3.05, 3.63) is 34.3 Å². The van der Waals surface area contributed by atoms with E-state index < -0.39 is 0 Å². The van der Waals surface area contributed by atoms with E-state index in [4.69, 9.17) is 16.9 Å². The van der Waals surface area contributed by atoms with Crippen molar-refractivity contribution in [2.24, 2.45) is 5.92 Å². The van der Waals surface area contributed by atoms with Gasteiger partial charge in [0, 0.05) is 17.6 Å². The largest absolute Gasteiger partial charge is 0.310 e. The molecule has 0 saturated carbocycles. The van der Waals surface area contributed by atoms with Gasteiger partial charge in [0.1, 0.15) is 0 Å². The molecule has 0 aromatic heterocycles. The van der Waals surface area contributed by atoms with E-state index in [0.717, 1.165) is 12.1 Å².